The summed E-state index contributed by atoms with van der Waals surface area (Å²) in [6.45, 7) is 7.14. The van der Waals surface area contributed by atoms with Crippen molar-refractivity contribution in [1.82, 2.24) is 24.8 Å². The molecule has 1 aliphatic heterocycles. The summed E-state index contributed by atoms with van der Waals surface area (Å²) in [7, 11) is 0. The molecule has 2 N–H and O–H groups in total. The van der Waals surface area contributed by atoms with Crippen molar-refractivity contribution >= 4 is 46.7 Å². The molecule has 0 spiro atoms. The van der Waals surface area contributed by atoms with Crippen LogP contribution in [0, 0.1) is 6.92 Å². The molecule has 1 saturated heterocycles. The highest BCUT2D eigenvalue weighted by atomic mass is 35.5. The minimum atomic E-state index is -0.160. The number of carbonyl (C=O) groups is 1. The average Bonchev–Trinajstić information content (AvgIpc) is 3.34. The van der Waals surface area contributed by atoms with Crippen LogP contribution >= 0.6 is 12.4 Å². The molecule has 4 heterocycles. The largest absolute Gasteiger partial charge is 0.368 e. The zero-order chi connectivity index (χ0) is 22.9. The van der Waals surface area contributed by atoms with Gasteiger partial charge in [0.15, 0.2) is 5.78 Å². The minimum Gasteiger partial charge on any atom is -0.368 e. The van der Waals surface area contributed by atoms with E-state index in [0.29, 0.717) is 22.5 Å². The molecule has 3 aromatic heterocycles. The van der Waals surface area contributed by atoms with Gasteiger partial charge in [0.05, 0.1) is 17.3 Å². The van der Waals surface area contributed by atoms with Crippen molar-refractivity contribution in [1.29, 1.82) is 0 Å². The number of halogens is 1. The van der Waals surface area contributed by atoms with Crippen molar-refractivity contribution in [2.75, 3.05) is 36.4 Å². The molecule has 0 radical (unpaired) electrons. The lowest BCUT2D eigenvalue weighted by Gasteiger charge is -2.29. The Morgan fingerprint density at radius 2 is 1.88 bits per heavy atom. The molecule has 2 aliphatic rings. The van der Waals surface area contributed by atoms with E-state index in [2.05, 4.69) is 25.5 Å². The van der Waals surface area contributed by atoms with Crippen LogP contribution in [0.15, 0.2) is 29.2 Å². The molecule has 0 amide bonds. The second kappa shape index (κ2) is 10.1. The fraction of sp³-hybridized carbons (Fsp3) is 0.458. The lowest BCUT2D eigenvalue weighted by molar-refractivity contribution is 0.101. The van der Waals surface area contributed by atoms with Crippen LogP contribution < -0.4 is 21.1 Å². The number of ketones is 1. The summed E-state index contributed by atoms with van der Waals surface area (Å²) in [6, 6.07) is 5.60. The predicted molar refractivity (Wildman–Crippen MR) is 136 cm³/mol. The summed E-state index contributed by atoms with van der Waals surface area (Å²) >= 11 is 0. The molecule has 180 valence electrons. The van der Waals surface area contributed by atoms with E-state index in [9.17, 15) is 9.59 Å². The number of Topliss-reactive ketones (excluding diaryl/α,β-unsaturated/α-hetero) is 1. The van der Waals surface area contributed by atoms with Crippen molar-refractivity contribution in [2.45, 2.75) is 45.6 Å². The number of fused-ring (bicyclic) bond motifs is 1. The third kappa shape index (κ3) is 4.63. The second-order valence-electron chi connectivity index (χ2n) is 8.89. The molecule has 1 aliphatic carbocycles. The zero-order valence-electron chi connectivity index (χ0n) is 19.5. The third-order valence-electron chi connectivity index (χ3n) is 6.58. The van der Waals surface area contributed by atoms with Crippen LogP contribution in [0.2, 0.25) is 0 Å². The number of pyridine rings is 2. The van der Waals surface area contributed by atoms with Gasteiger partial charge in [-0.05, 0) is 37.5 Å². The van der Waals surface area contributed by atoms with Gasteiger partial charge < -0.3 is 15.5 Å². The number of aryl methyl sites for hydroxylation is 1. The van der Waals surface area contributed by atoms with Gasteiger partial charge in [0.2, 0.25) is 5.95 Å². The number of aromatic nitrogens is 4. The second-order valence-corrected chi connectivity index (χ2v) is 8.89. The fourth-order valence-electron chi connectivity index (χ4n) is 4.93. The van der Waals surface area contributed by atoms with Crippen molar-refractivity contribution in [3.63, 3.8) is 0 Å². The normalized spacial score (nSPS) is 16.5. The van der Waals surface area contributed by atoms with Crippen molar-refractivity contribution in [3.05, 3.63) is 46.0 Å². The van der Waals surface area contributed by atoms with Gasteiger partial charge in [-0.2, -0.15) is 4.98 Å². The first-order valence-corrected chi connectivity index (χ1v) is 11.6. The van der Waals surface area contributed by atoms with Crippen molar-refractivity contribution in [3.8, 4) is 0 Å². The first kappa shape index (κ1) is 24.1. The maximum absolute atomic E-state index is 13.0. The molecule has 0 atom stereocenters. The summed E-state index contributed by atoms with van der Waals surface area (Å²) < 4.78 is 1.76. The van der Waals surface area contributed by atoms with E-state index in [1.165, 1.54) is 6.92 Å². The maximum atomic E-state index is 13.0. The molecule has 0 bridgehead atoms. The van der Waals surface area contributed by atoms with Crippen molar-refractivity contribution < 1.29 is 4.79 Å². The molecule has 34 heavy (non-hydrogen) atoms. The number of hydrogen-bond donors (Lipinski definition) is 2. The Hall–Kier alpha value is -3.04. The van der Waals surface area contributed by atoms with Gasteiger partial charge in [-0.25, -0.2) is 9.97 Å². The van der Waals surface area contributed by atoms with Gasteiger partial charge in [-0.3, -0.25) is 14.2 Å². The van der Waals surface area contributed by atoms with Gasteiger partial charge in [0.25, 0.3) is 5.56 Å². The number of rotatable bonds is 5. The highest BCUT2D eigenvalue weighted by molar-refractivity contribution is 6.05. The van der Waals surface area contributed by atoms with E-state index < -0.39 is 0 Å². The molecule has 2 fully saturated rings. The van der Waals surface area contributed by atoms with E-state index in [0.717, 1.165) is 63.1 Å². The molecular formula is C24H30ClN7O2. The van der Waals surface area contributed by atoms with Gasteiger partial charge in [0, 0.05) is 45.2 Å². The molecule has 9 nitrogen and oxygen atoms in total. The lowest BCUT2D eigenvalue weighted by atomic mass is 10.1. The van der Waals surface area contributed by atoms with E-state index in [4.69, 9.17) is 4.98 Å². The van der Waals surface area contributed by atoms with Crippen LogP contribution in [-0.2, 0) is 0 Å². The standard InChI is InChI=1S/C24H29N7O2.ClH/c1-15-13-20(33)31(17-5-3-4-6-17)23-21(15)22(16(2)32)28-24(29-23)27-19-8-7-18(14-26-19)30-11-9-25-10-12-30;/h7-8,13-14,17,25H,3-6,9-12H2,1-2H3,(H,26,27,28,29);1H. The predicted octanol–water partition coefficient (Wildman–Crippen LogP) is 3.39. The van der Waals surface area contributed by atoms with Gasteiger partial charge in [0.1, 0.15) is 17.2 Å². The van der Waals surface area contributed by atoms with Crippen LogP contribution in [0.25, 0.3) is 11.0 Å². The molecule has 10 heteroatoms. The Morgan fingerprint density at radius 3 is 2.53 bits per heavy atom. The molecule has 5 rings (SSSR count). The summed E-state index contributed by atoms with van der Waals surface area (Å²) in [5.41, 5.74) is 2.55. The van der Waals surface area contributed by atoms with Gasteiger partial charge in [-0.15, -0.1) is 12.4 Å². The number of hydrogen-bond acceptors (Lipinski definition) is 8. The molecule has 3 aromatic rings. The number of nitrogens with one attached hydrogen (secondary N) is 2. The van der Waals surface area contributed by atoms with Crippen LogP contribution in [0.3, 0.4) is 0 Å². The minimum absolute atomic E-state index is 0. The van der Waals surface area contributed by atoms with E-state index >= 15 is 0 Å². The monoisotopic (exact) mass is 483 g/mol. The summed E-state index contributed by atoms with van der Waals surface area (Å²) in [4.78, 5) is 41.5. The van der Waals surface area contributed by atoms with E-state index in [1.54, 1.807) is 10.6 Å². The Balaban J connectivity index is 0.00000274. The first-order chi connectivity index (χ1) is 16.0. The highest BCUT2D eigenvalue weighted by Crippen LogP contribution is 2.32. The lowest BCUT2D eigenvalue weighted by Crippen LogP contribution is -2.43. The van der Waals surface area contributed by atoms with E-state index in [1.807, 2.05) is 25.3 Å². The quantitative estimate of drug-likeness (QED) is 0.532. The highest BCUT2D eigenvalue weighted by Gasteiger charge is 2.24. The van der Waals surface area contributed by atoms with Gasteiger partial charge >= 0.3 is 0 Å². The van der Waals surface area contributed by atoms with Crippen molar-refractivity contribution in [2.24, 2.45) is 0 Å². The van der Waals surface area contributed by atoms with Crippen LogP contribution in [-0.4, -0.2) is 51.5 Å². The molecule has 0 unspecified atom stereocenters. The number of carbonyl (C=O) groups excluding carboxylic acids is 1. The molecular weight excluding hydrogens is 454 g/mol. The van der Waals surface area contributed by atoms with E-state index in [-0.39, 0.29) is 35.7 Å². The van der Waals surface area contributed by atoms with Crippen LogP contribution in [0.5, 0.6) is 0 Å². The Kier molecular flexibility index (Phi) is 7.13. The number of piperazine rings is 1. The topological polar surface area (TPSA) is 105 Å². The summed E-state index contributed by atoms with van der Waals surface area (Å²) in [6.07, 6.45) is 5.89. The SMILES string of the molecule is CC(=O)c1nc(Nc2ccc(N3CCNCC3)cn2)nc2c1c(C)cc(=O)n2C1CCCC1.Cl. The summed E-state index contributed by atoms with van der Waals surface area (Å²) in [5.74, 6) is 0.698. The zero-order valence-corrected chi connectivity index (χ0v) is 20.3. The third-order valence-corrected chi connectivity index (χ3v) is 6.58. The van der Waals surface area contributed by atoms with Crippen LogP contribution in [0.4, 0.5) is 17.5 Å². The number of anilines is 3. The summed E-state index contributed by atoms with van der Waals surface area (Å²) in [5, 5.41) is 7.15. The smallest absolute Gasteiger partial charge is 0.252 e. The average molecular weight is 484 g/mol. The fourth-order valence-corrected chi connectivity index (χ4v) is 4.93. The Morgan fingerprint density at radius 1 is 1.15 bits per heavy atom. The maximum Gasteiger partial charge on any atom is 0.252 e. The Bertz CT molecular complexity index is 1250. The number of nitrogens with zero attached hydrogens (tertiary/aromatic N) is 5. The molecule has 1 saturated carbocycles. The molecule has 0 aromatic carbocycles. The first-order valence-electron chi connectivity index (χ1n) is 11.6. The Labute approximate surface area is 204 Å². The van der Waals surface area contributed by atoms with Crippen LogP contribution in [0.1, 0.15) is 54.7 Å². The van der Waals surface area contributed by atoms with Gasteiger partial charge in [-0.1, -0.05) is 12.8 Å².